The molecule has 0 radical (unpaired) electrons. The molecule has 4 aliphatic carbocycles. The van der Waals surface area contributed by atoms with Gasteiger partial charge in [-0.15, -0.1) is 0 Å². The predicted octanol–water partition coefficient (Wildman–Crippen LogP) is 4.35. The summed E-state index contributed by atoms with van der Waals surface area (Å²) < 4.78 is 0. The number of ketones is 1. The van der Waals surface area contributed by atoms with Gasteiger partial charge in [0.2, 0.25) is 0 Å². The molecule has 0 spiro atoms. The lowest BCUT2D eigenvalue weighted by atomic mass is 9.40. The minimum absolute atomic E-state index is 0.0891. The number of hydrogen-bond donors (Lipinski definition) is 1. The number of Topliss-reactive ketones (excluding diaryl/α,β-unsaturated/α-hetero) is 1. The zero-order chi connectivity index (χ0) is 15.8. The highest BCUT2D eigenvalue weighted by molar-refractivity contribution is 5.79. The summed E-state index contributed by atoms with van der Waals surface area (Å²) in [5.41, 5.74) is 0.908. The van der Waals surface area contributed by atoms with Crippen LogP contribution in [0.2, 0.25) is 0 Å². The molecule has 0 unspecified atom stereocenters. The summed E-state index contributed by atoms with van der Waals surface area (Å²) in [5.74, 6) is 2.57. The first-order valence-corrected chi connectivity index (χ1v) is 9.50. The zero-order valence-electron chi connectivity index (χ0n) is 14.5. The van der Waals surface area contributed by atoms with Gasteiger partial charge in [-0.3, -0.25) is 4.79 Å². The predicted molar refractivity (Wildman–Crippen MR) is 87.4 cm³/mol. The Morgan fingerprint density at radius 1 is 0.864 bits per heavy atom. The van der Waals surface area contributed by atoms with Crippen molar-refractivity contribution < 1.29 is 9.90 Å². The first-order valence-electron chi connectivity index (χ1n) is 9.50. The third-order valence-electron chi connectivity index (χ3n) is 9.03. The second-order valence-electron chi connectivity index (χ2n) is 9.73. The number of carbonyl (C=O) groups excluding carboxylic acids is 1. The SMILES string of the molecule is C[C@@]12CC[C@H]3CC(=O)CC[C@]3(C)[C@H]1CC[C@@]1(C)[C@H]2CC[C@@H]1O. The molecule has 1 N–H and O–H groups in total. The van der Waals surface area contributed by atoms with Gasteiger partial charge < -0.3 is 5.11 Å². The smallest absolute Gasteiger partial charge is 0.133 e. The lowest BCUT2D eigenvalue weighted by Gasteiger charge is -2.65. The van der Waals surface area contributed by atoms with E-state index in [1.807, 2.05) is 0 Å². The Balaban J connectivity index is 1.71. The van der Waals surface area contributed by atoms with E-state index in [0.29, 0.717) is 28.4 Å². The lowest BCUT2D eigenvalue weighted by Crippen LogP contribution is -2.59. The molecule has 4 aliphatic rings. The molecule has 0 aromatic heterocycles. The van der Waals surface area contributed by atoms with Gasteiger partial charge in [-0.05, 0) is 78.9 Å². The molecule has 0 aliphatic heterocycles. The minimum Gasteiger partial charge on any atom is -0.393 e. The standard InChI is InChI=1S/C20H32O2/c1-18-10-7-14(21)12-13(18)6-9-19(2)15-4-5-17(22)20(15,3)11-8-16(18)19/h13,15-17,22H,4-12H2,1-3H3/t13-,15-,16+,17-,18-,19-,20-/m0/s1. The monoisotopic (exact) mass is 304 g/mol. The van der Waals surface area contributed by atoms with E-state index in [1.165, 1.54) is 32.1 Å². The maximum Gasteiger partial charge on any atom is 0.133 e. The van der Waals surface area contributed by atoms with Crippen LogP contribution in [0.5, 0.6) is 0 Å². The largest absolute Gasteiger partial charge is 0.393 e. The number of aliphatic hydroxyl groups is 1. The fourth-order valence-electron chi connectivity index (χ4n) is 7.70. The fraction of sp³-hybridized carbons (Fsp3) is 0.950. The number of rotatable bonds is 0. The Morgan fingerprint density at radius 3 is 2.32 bits per heavy atom. The van der Waals surface area contributed by atoms with Crippen LogP contribution in [-0.2, 0) is 4.79 Å². The van der Waals surface area contributed by atoms with Crippen molar-refractivity contribution in [2.75, 3.05) is 0 Å². The Kier molecular flexibility index (Phi) is 3.16. The Hall–Kier alpha value is -0.370. The maximum absolute atomic E-state index is 11.9. The number of aliphatic hydroxyl groups excluding tert-OH is 1. The first kappa shape index (κ1) is 15.2. The lowest BCUT2D eigenvalue weighted by molar-refractivity contribution is -0.174. The molecule has 0 bridgehead atoms. The molecular formula is C20H32O2. The van der Waals surface area contributed by atoms with Crippen molar-refractivity contribution in [3.8, 4) is 0 Å². The van der Waals surface area contributed by atoms with E-state index in [4.69, 9.17) is 0 Å². The Labute approximate surface area is 135 Å². The van der Waals surface area contributed by atoms with Gasteiger partial charge >= 0.3 is 0 Å². The summed E-state index contributed by atoms with van der Waals surface area (Å²) in [5, 5.41) is 10.6. The summed E-state index contributed by atoms with van der Waals surface area (Å²) >= 11 is 0. The molecule has 0 saturated heterocycles. The number of carbonyl (C=O) groups is 1. The average Bonchev–Trinajstić information content (AvgIpc) is 2.77. The molecule has 4 rings (SSSR count). The molecule has 4 saturated carbocycles. The second-order valence-corrected chi connectivity index (χ2v) is 9.73. The van der Waals surface area contributed by atoms with Crippen molar-refractivity contribution in [2.45, 2.75) is 84.7 Å². The topological polar surface area (TPSA) is 37.3 Å². The molecule has 2 nitrogen and oxygen atoms in total. The van der Waals surface area contributed by atoms with Gasteiger partial charge in [-0.2, -0.15) is 0 Å². The van der Waals surface area contributed by atoms with E-state index in [1.54, 1.807) is 0 Å². The van der Waals surface area contributed by atoms with Gasteiger partial charge in [0.15, 0.2) is 0 Å². The molecule has 0 aromatic rings. The van der Waals surface area contributed by atoms with Gasteiger partial charge in [0.05, 0.1) is 6.10 Å². The molecule has 0 heterocycles. The van der Waals surface area contributed by atoms with Gasteiger partial charge in [0.1, 0.15) is 5.78 Å². The highest BCUT2D eigenvalue weighted by Gasteiger charge is 2.64. The van der Waals surface area contributed by atoms with Crippen molar-refractivity contribution in [3.05, 3.63) is 0 Å². The average molecular weight is 304 g/mol. The van der Waals surface area contributed by atoms with Crippen molar-refractivity contribution in [1.29, 1.82) is 0 Å². The van der Waals surface area contributed by atoms with Crippen LogP contribution >= 0.6 is 0 Å². The summed E-state index contributed by atoms with van der Waals surface area (Å²) in [7, 11) is 0. The van der Waals surface area contributed by atoms with E-state index >= 15 is 0 Å². The van der Waals surface area contributed by atoms with Crippen molar-refractivity contribution in [1.82, 2.24) is 0 Å². The summed E-state index contributed by atoms with van der Waals surface area (Å²) in [6, 6.07) is 0. The van der Waals surface area contributed by atoms with Crippen LogP contribution < -0.4 is 0 Å². The van der Waals surface area contributed by atoms with Gasteiger partial charge in [-0.25, -0.2) is 0 Å². The van der Waals surface area contributed by atoms with E-state index in [2.05, 4.69) is 20.8 Å². The van der Waals surface area contributed by atoms with Crippen LogP contribution in [0, 0.1) is 34.0 Å². The first-order chi connectivity index (χ1) is 10.3. The molecule has 2 heteroatoms. The van der Waals surface area contributed by atoms with Gasteiger partial charge in [0.25, 0.3) is 0 Å². The fourth-order valence-corrected chi connectivity index (χ4v) is 7.70. The molecular weight excluding hydrogens is 272 g/mol. The van der Waals surface area contributed by atoms with Crippen molar-refractivity contribution in [2.24, 2.45) is 34.0 Å². The highest BCUT2D eigenvalue weighted by Crippen LogP contribution is 2.70. The summed E-state index contributed by atoms with van der Waals surface area (Å²) in [6.45, 7) is 7.39. The maximum atomic E-state index is 11.9. The third-order valence-corrected chi connectivity index (χ3v) is 9.03. The second kappa shape index (κ2) is 4.59. The van der Waals surface area contributed by atoms with E-state index in [9.17, 15) is 9.90 Å². The zero-order valence-corrected chi connectivity index (χ0v) is 14.5. The Morgan fingerprint density at radius 2 is 1.55 bits per heavy atom. The van der Waals surface area contributed by atoms with Crippen molar-refractivity contribution >= 4 is 5.78 Å². The van der Waals surface area contributed by atoms with Crippen LogP contribution in [0.15, 0.2) is 0 Å². The number of hydrogen-bond acceptors (Lipinski definition) is 2. The van der Waals surface area contributed by atoms with Crippen LogP contribution in [0.3, 0.4) is 0 Å². The van der Waals surface area contributed by atoms with E-state index in [-0.39, 0.29) is 11.5 Å². The highest BCUT2D eigenvalue weighted by atomic mass is 16.3. The molecule has 22 heavy (non-hydrogen) atoms. The number of fused-ring (bicyclic) bond motifs is 5. The van der Waals surface area contributed by atoms with Crippen LogP contribution in [0.4, 0.5) is 0 Å². The summed E-state index contributed by atoms with van der Waals surface area (Å²) in [4.78, 5) is 11.9. The van der Waals surface area contributed by atoms with Crippen LogP contribution in [0.1, 0.15) is 78.6 Å². The van der Waals surface area contributed by atoms with Gasteiger partial charge in [0, 0.05) is 12.8 Å². The van der Waals surface area contributed by atoms with Crippen molar-refractivity contribution in [3.63, 3.8) is 0 Å². The van der Waals surface area contributed by atoms with E-state index < -0.39 is 0 Å². The molecule has 124 valence electrons. The van der Waals surface area contributed by atoms with E-state index in [0.717, 1.165) is 31.6 Å². The molecule has 0 aromatic carbocycles. The molecule has 4 fully saturated rings. The Bertz CT molecular complexity index is 500. The third kappa shape index (κ3) is 1.74. The van der Waals surface area contributed by atoms with Gasteiger partial charge in [-0.1, -0.05) is 20.8 Å². The van der Waals surface area contributed by atoms with Crippen LogP contribution in [0.25, 0.3) is 0 Å². The normalized spacial score (nSPS) is 57.9. The van der Waals surface area contributed by atoms with Crippen LogP contribution in [-0.4, -0.2) is 17.0 Å². The molecule has 7 atom stereocenters. The molecule has 0 amide bonds. The minimum atomic E-state index is -0.0891. The quantitative estimate of drug-likeness (QED) is 0.722. The summed E-state index contributed by atoms with van der Waals surface area (Å²) in [6.07, 6.45) is 9.86.